The maximum Gasteiger partial charge on any atom is 0.308 e. The molecule has 0 saturated carbocycles. The number of hydrogen-bond acceptors (Lipinski definition) is 4. The first-order chi connectivity index (χ1) is 12.4. The molecule has 1 aromatic heterocycles. The fraction of sp³-hybridized carbons (Fsp3) is 0.150. The Balaban J connectivity index is 2.28. The maximum atomic E-state index is 12.8. The van der Waals surface area contributed by atoms with Gasteiger partial charge in [-0.25, -0.2) is 0 Å². The van der Waals surface area contributed by atoms with E-state index in [1.165, 1.54) is 11.5 Å². The largest absolute Gasteiger partial charge is 0.425 e. The van der Waals surface area contributed by atoms with E-state index in [1.807, 2.05) is 19.1 Å². The van der Waals surface area contributed by atoms with Crippen LogP contribution in [0.2, 0.25) is 0 Å². The first-order valence-electron chi connectivity index (χ1n) is 8.07. The summed E-state index contributed by atoms with van der Waals surface area (Å²) in [7, 11) is 1.58. The van der Waals surface area contributed by atoms with Gasteiger partial charge in [0, 0.05) is 25.0 Å². The molecule has 6 heteroatoms. The summed E-state index contributed by atoms with van der Waals surface area (Å²) in [5, 5.41) is 3.24. The van der Waals surface area contributed by atoms with Crippen molar-refractivity contribution in [3.8, 4) is 5.75 Å². The smallest absolute Gasteiger partial charge is 0.308 e. The number of aryl methyl sites for hydroxylation is 2. The molecule has 0 spiro atoms. The van der Waals surface area contributed by atoms with E-state index in [2.05, 4.69) is 5.32 Å². The number of ether oxygens (including phenoxy) is 1. The molecule has 6 nitrogen and oxygen atoms in total. The predicted octanol–water partition coefficient (Wildman–Crippen LogP) is 3.02. The Morgan fingerprint density at radius 2 is 1.73 bits per heavy atom. The Hall–Kier alpha value is -3.41. The van der Waals surface area contributed by atoms with Crippen molar-refractivity contribution in [2.75, 3.05) is 5.32 Å². The van der Waals surface area contributed by atoms with E-state index in [0.717, 1.165) is 5.56 Å². The quantitative estimate of drug-likeness (QED) is 0.737. The Morgan fingerprint density at radius 3 is 2.38 bits per heavy atom. The maximum absolute atomic E-state index is 12.8. The van der Waals surface area contributed by atoms with Crippen molar-refractivity contribution in [1.29, 1.82) is 0 Å². The zero-order valence-electron chi connectivity index (χ0n) is 14.7. The van der Waals surface area contributed by atoms with Crippen LogP contribution in [0.25, 0.3) is 10.9 Å². The van der Waals surface area contributed by atoms with E-state index < -0.39 is 17.4 Å². The van der Waals surface area contributed by atoms with E-state index in [4.69, 9.17) is 4.74 Å². The Bertz CT molecular complexity index is 1070. The highest BCUT2D eigenvalue weighted by Gasteiger charge is 2.25. The van der Waals surface area contributed by atoms with Crippen molar-refractivity contribution in [3.05, 3.63) is 70.0 Å². The van der Waals surface area contributed by atoms with Crippen LogP contribution >= 0.6 is 0 Å². The second-order valence-corrected chi connectivity index (χ2v) is 5.95. The molecule has 2 aromatic carbocycles. The number of esters is 1. The van der Waals surface area contributed by atoms with Gasteiger partial charge in [-0.15, -0.1) is 0 Å². The Morgan fingerprint density at radius 1 is 1.04 bits per heavy atom. The lowest BCUT2D eigenvalue weighted by molar-refractivity contribution is -0.131. The van der Waals surface area contributed by atoms with Crippen LogP contribution in [-0.2, 0) is 11.8 Å². The lowest BCUT2D eigenvalue weighted by Gasteiger charge is -2.16. The highest BCUT2D eigenvalue weighted by Crippen LogP contribution is 2.31. The van der Waals surface area contributed by atoms with E-state index in [0.29, 0.717) is 16.6 Å². The van der Waals surface area contributed by atoms with E-state index in [-0.39, 0.29) is 11.3 Å². The molecular formula is C20H18N2O4. The molecule has 0 unspecified atom stereocenters. The number of para-hydroxylation sites is 1. The third-order valence-electron chi connectivity index (χ3n) is 4.09. The molecule has 0 atom stereocenters. The molecule has 3 aromatic rings. The molecule has 1 heterocycles. The minimum atomic E-state index is -0.627. The van der Waals surface area contributed by atoms with Gasteiger partial charge in [0.05, 0.1) is 5.52 Å². The molecule has 1 N–H and O–H groups in total. The van der Waals surface area contributed by atoms with Gasteiger partial charge >= 0.3 is 5.97 Å². The van der Waals surface area contributed by atoms with Crippen molar-refractivity contribution < 1.29 is 14.3 Å². The van der Waals surface area contributed by atoms with E-state index in [9.17, 15) is 14.4 Å². The minimum Gasteiger partial charge on any atom is -0.425 e. The number of fused-ring (bicyclic) bond motifs is 1. The minimum absolute atomic E-state index is 0.0119. The first-order valence-corrected chi connectivity index (χ1v) is 8.07. The van der Waals surface area contributed by atoms with Gasteiger partial charge in [0.2, 0.25) is 0 Å². The number of hydrogen-bond donors (Lipinski definition) is 1. The van der Waals surface area contributed by atoms with Crippen LogP contribution in [-0.4, -0.2) is 16.4 Å². The first kappa shape index (κ1) is 17.4. The molecule has 0 aliphatic rings. The fourth-order valence-corrected chi connectivity index (χ4v) is 2.89. The van der Waals surface area contributed by atoms with Crippen molar-refractivity contribution >= 4 is 28.5 Å². The van der Waals surface area contributed by atoms with Crippen LogP contribution < -0.4 is 15.6 Å². The summed E-state index contributed by atoms with van der Waals surface area (Å²) in [5.41, 5.74) is 1.19. The van der Waals surface area contributed by atoms with Gasteiger partial charge in [0.25, 0.3) is 11.5 Å². The zero-order chi connectivity index (χ0) is 18.8. The van der Waals surface area contributed by atoms with Gasteiger partial charge in [-0.1, -0.05) is 30.3 Å². The molecule has 0 radical (unpaired) electrons. The molecule has 3 rings (SSSR count). The van der Waals surface area contributed by atoms with Gasteiger partial charge in [0.1, 0.15) is 5.56 Å². The summed E-state index contributed by atoms with van der Waals surface area (Å²) in [6.45, 7) is 3.07. The van der Waals surface area contributed by atoms with Crippen LogP contribution in [0.3, 0.4) is 0 Å². The predicted molar refractivity (Wildman–Crippen MR) is 99.6 cm³/mol. The van der Waals surface area contributed by atoms with Gasteiger partial charge in [-0.3, -0.25) is 14.4 Å². The third-order valence-corrected chi connectivity index (χ3v) is 4.09. The second kappa shape index (κ2) is 6.84. The third kappa shape index (κ3) is 3.09. The Kier molecular flexibility index (Phi) is 4.58. The summed E-state index contributed by atoms with van der Waals surface area (Å²) in [5.74, 6) is -1.24. The van der Waals surface area contributed by atoms with E-state index >= 15 is 0 Å². The summed E-state index contributed by atoms with van der Waals surface area (Å²) < 4.78 is 6.71. The number of amides is 1. The average molecular weight is 350 g/mol. The molecule has 132 valence electrons. The fourth-order valence-electron chi connectivity index (χ4n) is 2.89. The number of carbonyl (C=O) groups is 2. The van der Waals surface area contributed by atoms with Crippen molar-refractivity contribution in [2.45, 2.75) is 13.8 Å². The summed E-state index contributed by atoms with van der Waals surface area (Å²) in [4.78, 5) is 37.3. The summed E-state index contributed by atoms with van der Waals surface area (Å²) in [6.07, 6.45) is 0. The van der Waals surface area contributed by atoms with Crippen molar-refractivity contribution in [1.82, 2.24) is 4.57 Å². The lowest BCUT2D eigenvalue weighted by atomic mass is 10.0. The van der Waals surface area contributed by atoms with Crippen LogP contribution in [0.15, 0.2) is 53.3 Å². The molecule has 0 bridgehead atoms. The van der Waals surface area contributed by atoms with Crippen LogP contribution in [0.5, 0.6) is 5.75 Å². The van der Waals surface area contributed by atoms with Crippen LogP contribution in [0, 0.1) is 6.92 Å². The number of pyridine rings is 1. The number of nitrogens with zero attached hydrogens (tertiary/aromatic N) is 1. The monoisotopic (exact) mass is 350 g/mol. The normalized spacial score (nSPS) is 10.6. The number of rotatable bonds is 3. The van der Waals surface area contributed by atoms with Gasteiger partial charge in [-0.05, 0) is 30.7 Å². The molecule has 0 aliphatic heterocycles. The van der Waals surface area contributed by atoms with Gasteiger partial charge in [0.15, 0.2) is 5.75 Å². The summed E-state index contributed by atoms with van der Waals surface area (Å²) in [6, 6.07) is 14.2. The highest BCUT2D eigenvalue weighted by molar-refractivity contribution is 6.10. The number of anilines is 1. The molecule has 0 aliphatic carbocycles. The SMILES string of the molecule is CC(=O)Oc1c(C(=O)Nc2ccccc2)c(=O)n(C)c2cccc(C)c12. The van der Waals surface area contributed by atoms with Crippen molar-refractivity contribution in [3.63, 3.8) is 0 Å². The molecular weight excluding hydrogens is 332 g/mol. The van der Waals surface area contributed by atoms with Gasteiger partial charge < -0.3 is 14.6 Å². The second-order valence-electron chi connectivity index (χ2n) is 5.95. The van der Waals surface area contributed by atoms with Gasteiger partial charge in [-0.2, -0.15) is 0 Å². The topological polar surface area (TPSA) is 77.4 Å². The average Bonchev–Trinajstić information content (AvgIpc) is 2.60. The molecule has 0 saturated heterocycles. The number of benzene rings is 2. The Labute approximate surface area is 150 Å². The molecule has 1 amide bonds. The van der Waals surface area contributed by atoms with Crippen LogP contribution in [0.4, 0.5) is 5.69 Å². The van der Waals surface area contributed by atoms with E-state index in [1.54, 1.807) is 43.4 Å². The number of aromatic nitrogens is 1. The van der Waals surface area contributed by atoms with Crippen molar-refractivity contribution in [2.24, 2.45) is 7.05 Å². The number of carbonyl (C=O) groups excluding carboxylic acids is 2. The molecule has 26 heavy (non-hydrogen) atoms. The zero-order valence-corrected chi connectivity index (χ0v) is 14.7. The lowest BCUT2D eigenvalue weighted by Crippen LogP contribution is -2.30. The standard InChI is InChI=1S/C20H18N2O4/c1-12-8-7-11-15-16(12)18(26-13(2)23)17(20(25)22(15)3)19(24)21-14-9-5-4-6-10-14/h4-11H,1-3H3,(H,21,24). The highest BCUT2D eigenvalue weighted by atomic mass is 16.5. The number of nitrogens with one attached hydrogen (secondary N) is 1. The summed E-state index contributed by atoms with van der Waals surface area (Å²) >= 11 is 0. The van der Waals surface area contributed by atoms with Crippen LogP contribution in [0.1, 0.15) is 22.8 Å². The molecule has 0 fully saturated rings.